The molecule has 0 radical (unpaired) electrons. The van der Waals surface area contributed by atoms with E-state index in [1.807, 2.05) is 53.0 Å². The van der Waals surface area contributed by atoms with Crippen LogP contribution in [0.15, 0.2) is 168 Å². The molecule has 6 heteroatoms. The fourth-order valence-corrected chi connectivity index (χ4v) is 9.76. The minimum atomic E-state index is 0.495. The van der Waals surface area contributed by atoms with Gasteiger partial charge in [-0.25, -0.2) is 0 Å². The Kier molecular flexibility index (Phi) is 6.56. The third kappa shape index (κ3) is 4.80. The molecule has 11 aromatic rings. The summed E-state index contributed by atoms with van der Waals surface area (Å²) in [6, 6.07) is 58.6. The molecular formula is C46H27N3OS2. The highest BCUT2D eigenvalue weighted by molar-refractivity contribution is 7.26. The minimum absolute atomic E-state index is 0.495. The maximum absolute atomic E-state index is 6.10. The summed E-state index contributed by atoms with van der Waals surface area (Å²) >= 11 is 3.71. The summed E-state index contributed by atoms with van der Waals surface area (Å²) in [4.78, 5) is 2.35. The SMILES string of the molecule is c1ccc(-c2nnc(-c3ccc(N(c4ccc5c(c4)sc4cc6ccccc6cc45)c4ccc5c(c4)sc4cc6ccccc6cc45)cc3)o2)cc1. The third-order valence-corrected chi connectivity index (χ3v) is 12.2. The number of anilines is 3. The number of nitrogens with zero attached hydrogens (tertiary/aromatic N) is 3. The maximum atomic E-state index is 6.10. The summed E-state index contributed by atoms with van der Waals surface area (Å²) < 4.78 is 11.2. The number of thiophene rings is 2. The average Bonchev–Trinajstić information content (AvgIpc) is 3.92. The second-order valence-corrected chi connectivity index (χ2v) is 15.3. The van der Waals surface area contributed by atoms with Crippen molar-refractivity contribution in [2.45, 2.75) is 0 Å². The Bertz CT molecular complexity index is 2990. The number of aromatic nitrogens is 2. The first kappa shape index (κ1) is 29.4. The van der Waals surface area contributed by atoms with E-state index >= 15 is 0 Å². The van der Waals surface area contributed by atoms with Crippen molar-refractivity contribution in [1.82, 2.24) is 10.2 Å². The molecule has 0 spiro atoms. The lowest BCUT2D eigenvalue weighted by molar-refractivity contribution is 0.584. The predicted molar refractivity (Wildman–Crippen MR) is 221 cm³/mol. The first-order valence-electron chi connectivity index (χ1n) is 17.2. The van der Waals surface area contributed by atoms with Gasteiger partial charge in [0, 0.05) is 68.5 Å². The molecule has 0 saturated carbocycles. The van der Waals surface area contributed by atoms with Crippen LogP contribution >= 0.6 is 22.7 Å². The van der Waals surface area contributed by atoms with Crippen LogP contribution < -0.4 is 4.90 Å². The zero-order chi connectivity index (χ0) is 34.2. The Morgan fingerprint density at radius 1 is 0.365 bits per heavy atom. The number of hydrogen-bond donors (Lipinski definition) is 0. The van der Waals surface area contributed by atoms with Crippen molar-refractivity contribution in [3.05, 3.63) is 164 Å². The standard InChI is InChI=1S/C46H27N3OS2/c1-2-8-28(9-3-1)45-47-48-46(50-45)29-14-16-34(17-15-29)49(35-18-20-37-39-22-30-10-4-6-12-32(30)24-41(39)51-43(37)26-35)36-19-21-38-40-23-31-11-5-7-13-33(31)25-42(40)52-44(38)27-36/h1-27H. The Labute approximate surface area is 306 Å². The van der Waals surface area contributed by atoms with E-state index in [2.05, 4.69) is 149 Å². The van der Waals surface area contributed by atoms with Gasteiger partial charge in [-0.15, -0.1) is 32.9 Å². The molecule has 0 amide bonds. The van der Waals surface area contributed by atoms with E-state index in [0.29, 0.717) is 11.8 Å². The number of benzene rings is 8. The van der Waals surface area contributed by atoms with Crippen LogP contribution in [0.4, 0.5) is 17.1 Å². The molecule has 3 aromatic heterocycles. The molecule has 11 rings (SSSR count). The van der Waals surface area contributed by atoms with Crippen molar-refractivity contribution in [3.8, 4) is 22.9 Å². The molecule has 0 saturated heterocycles. The summed E-state index contributed by atoms with van der Waals surface area (Å²) in [5, 5.41) is 18.9. The van der Waals surface area contributed by atoms with Gasteiger partial charge in [0.2, 0.25) is 11.8 Å². The van der Waals surface area contributed by atoms with Crippen molar-refractivity contribution < 1.29 is 4.42 Å². The molecule has 0 atom stereocenters. The molecule has 52 heavy (non-hydrogen) atoms. The zero-order valence-corrected chi connectivity index (χ0v) is 29.3. The van der Waals surface area contributed by atoms with E-state index in [-0.39, 0.29) is 0 Å². The maximum Gasteiger partial charge on any atom is 0.248 e. The van der Waals surface area contributed by atoms with Crippen LogP contribution in [0.5, 0.6) is 0 Å². The first-order valence-corrected chi connectivity index (χ1v) is 18.8. The van der Waals surface area contributed by atoms with Gasteiger partial charge < -0.3 is 9.32 Å². The Morgan fingerprint density at radius 3 is 1.31 bits per heavy atom. The second-order valence-electron chi connectivity index (χ2n) is 13.1. The summed E-state index contributed by atoms with van der Waals surface area (Å²) in [5.41, 5.74) is 5.03. The van der Waals surface area contributed by atoms with Gasteiger partial charge in [-0.05, 0) is 106 Å². The summed E-state index contributed by atoms with van der Waals surface area (Å²) in [6.45, 7) is 0. The number of rotatable bonds is 5. The van der Waals surface area contributed by atoms with Gasteiger partial charge in [-0.2, -0.15) is 0 Å². The van der Waals surface area contributed by atoms with E-state index in [1.54, 1.807) is 0 Å². The normalized spacial score (nSPS) is 11.8. The molecule has 0 N–H and O–H groups in total. The molecule has 0 aliphatic carbocycles. The van der Waals surface area contributed by atoms with E-state index in [9.17, 15) is 0 Å². The second kappa shape index (κ2) is 11.6. The van der Waals surface area contributed by atoms with Crippen LogP contribution in [0.2, 0.25) is 0 Å². The molecule has 4 nitrogen and oxygen atoms in total. The minimum Gasteiger partial charge on any atom is -0.416 e. The predicted octanol–water partition coefficient (Wildman–Crippen LogP) is 13.9. The average molecular weight is 702 g/mol. The lowest BCUT2D eigenvalue weighted by atomic mass is 10.0. The van der Waals surface area contributed by atoms with Crippen LogP contribution in [-0.4, -0.2) is 10.2 Å². The Morgan fingerprint density at radius 2 is 0.788 bits per heavy atom. The molecular weight excluding hydrogens is 675 g/mol. The quantitative estimate of drug-likeness (QED) is 0.179. The van der Waals surface area contributed by atoms with E-state index in [1.165, 1.54) is 61.9 Å². The van der Waals surface area contributed by atoms with Crippen molar-refractivity contribution in [1.29, 1.82) is 0 Å². The highest BCUT2D eigenvalue weighted by atomic mass is 32.1. The topological polar surface area (TPSA) is 42.2 Å². The monoisotopic (exact) mass is 701 g/mol. The molecule has 3 heterocycles. The van der Waals surface area contributed by atoms with Crippen LogP contribution in [0.1, 0.15) is 0 Å². The summed E-state index contributed by atoms with van der Waals surface area (Å²) in [6.07, 6.45) is 0. The highest BCUT2D eigenvalue weighted by Crippen LogP contribution is 2.44. The third-order valence-electron chi connectivity index (χ3n) is 9.98. The van der Waals surface area contributed by atoms with E-state index in [4.69, 9.17) is 4.42 Å². The van der Waals surface area contributed by atoms with Gasteiger partial charge >= 0.3 is 0 Å². The van der Waals surface area contributed by atoms with Crippen molar-refractivity contribution >= 4 is 102 Å². The van der Waals surface area contributed by atoms with Crippen LogP contribution in [0, 0.1) is 0 Å². The number of fused-ring (bicyclic) bond motifs is 8. The largest absolute Gasteiger partial charge is 0.416 e. The molecule has 244 valence electrons. The Balaban J connectivity index is 1.05. The van der Waals surface area contributed by atoms with Gasteiger partial charge in [0.25, 0.3) is 0 Å². The zero-order valence-electron chi connectivity index (χ0n) is 27.7. The lowest BCUT2D eigenvalue weighted by Crippen LogP contribution is -2.09. The Hall–Kier alpha value is -6.34. The fraction of sp³-hybridized carbons (Fsp3) is 0. The smallest absolute Gasteiger partial charge is 0.248 e. The molecule has 8 aromatic carbocycles. The summed E-state index contributed by atoms with van der Waals surface area (Å²) in [7, 11) is 0. The van der Waals surface area contributed by atoms with Crippen molar-refractivity contribution in [3.63, 3.8) is 0 Å². The van der Waals surface area contributed by atoms with Crippen molar-refractivity contribution in [2.75, 3.05) is 4.90 Å². The van der Waals surface area contributed by atoms with Gasteiger partial charge in [0.05, 0.1) is 0 Å². The van der Waals surface area contributed by atoms with Crippen molar-refractivity contribution in [2.24, 2.45) is 0 Å². The molecule has 0 fully saturated rings. The summed E-state index contributed by atoms with van der Waals surface area (Å²) in [5.74, 6) is 1.01. The van der Waals surface area contributed by atoms with Gasteiger partial charge in [-0.3, -0.25) is 0 Å². The van der Waals surface area contributed by atoms with E-state index < -0.39 is 0 Å². The first-order chi connectivity index (χ1) is 25.7. The van der Waals surface area contributed by atoms with Gasteiger partial charge in [0.1, 0.15) is 0 Å². The van der Waals surface area contributed by atoms with Gasteiger partial charge in [0.15, 0.2) is 0 Å². The molecule has 0 aliphatic rings. The number of hydrogen-bond acceptors (Lipinski definition) is 6. The van der Waals surface area contributed by atoms with Crippen LogP contribution in [-0.2, 0) is 0 Å². The van der Waals surface area contributed by atoms with Crippen LogP contribution in [0.3, 0.4) is 0 Å². The highest BCUT2D eigenvalue weighted by Gasteiger charge is 2.18. The molecule has 0 aliphatic heterocycles. The lowest BCUT2D eigenvalue weighted by Gasteiger charge is -2.26. The van der Waals surface area contributed by atoms with Crippen LogP contribution in [0.25, 0.3) is 84.8 Å². The fourth-order valence-electron chi connectivity index (χ4n) is 7.42. The van der Waals surface area contributed by atoms with E-state index in [0.717, 1.165) is 28.2 Å². The molecule has 0 bridgehead atoms. The van der Waals surface area contributed by atoms with Gasteiger partial charge in [-0.1, -0.05) is 78.9 Å². The molecule has 0 unspecified atom stereocenters.